The van der Waals surface area contributed by atoms with Gasteiger partial charge in [0, 0.05) is 55.9 Å². The standard InChI is InChI=1S/C60H88FN5O11/c1-11-44-31-40(8)60(64-55(44)71)39(7)30-38(6)52(77-60)34-50(69)36(4)20-14-12-15-21-37(5)51-26-17-13-16-25-49(68)42(10)54(70)46(28-27-41(9)67)56(72)63-53(35(2)3)57(73)62-48(33-43-22-18-23-45(61)32-43)58(74)66-29-19-24-47(65-66)59(75)76-51/h12-13,15-18,21-23,25,30,32,35-36,38,40,42,44,46-54,65,68-70H,11,14,19-20,24,26-29,31,33-34H2,1-10H3,(H,62,73)(H,63,72)(H,64,71)/b15-12+,17-13+,25-16+,37-21+/t36-,38+,40-,42-,44-,46+,47?,48-,49-,50-,51-,52-,53-,54+,60-/m0/s1. The number of allylic oxidation sites excluding steroid dienone is 5. The zero-order valence-corrected chi connectivity index (χ0v) is 47.0. The summed E-state index contributed by atoms with van der Waals surface area (Å²) >= 11 is 0. The van der Waals surface area contributed by atoms with Crippen LogP contribution in [-0.4, -0.2) is 117 Å². The zero-order chi connectivity index (χ0) is 56.7. The van der Waals surface area contributed by atoms with E-state index < -0.39 is 95.5 Å². The van der Waals surface area contributed by atoms with Gasteiger partial charge in [-0.25, -0.2) is 9.82 Å². The fourth-order valence-corrected chi connectivity index (χ4v) is 10.9. The maximum absolute atomic E-state index is 14.5. The number of hydrogen-bond acceptors (Lipinski definition) is 12. The molecule has 15 atom stereocenters. The Kier molecular flexibility index (Phi) is 23.6. The van der Waals surface area contributed by atoms with E-state index in [4.69, 9.17) is 9.47 Å². The maximum Gasteiger partial charge on any atom is 0.325 e. The number of carbonyl (C=O) groups excluding carboxylic acids is 6. The third-order valence-electron chi connectivity index (χ3n) is 16.2. The molecule has 17 heteroatoms. The molecule has 2 fully saturated rings. The number of cyclic esters (lactones) is 1. The second kappa shape index (κ2) is 29.0. The molecule has 4 aliphatic heterocycles. The number of aliphatic hydroxyl groups excluding tert-OH is 3. The molecule has 2 bridgehead atoms. The van der Waals surface area contributed by atoms with Crippen LogP contribution >= 0.6 is 0 Å². The number of fused-ring (bicyclic) bond motifs is 2. The fourth-order valence-electron chi connectivity index (χ4n) is 10.9. The number of rotatable bonds is 15. The Hall–Kier alpha value is -5.33. The number of halogens is 1. The predicted molar refractivity (Wildman–Crippen MR) is 292 cm³/mol. The average molecular weight is 1070 g/mol. The first kappa shape index (κ1) is 62.5. The predicted octanol–water partition coefficient (Wildman–Crippen LogP) is 6.79. The van der Waals surface area contributed by atoms with Crippen LogP contribution in [0.2, 0.25) is 0 Å². The summed E-state index contributed by atoms with van der Waals surface area (Å²) in [5.74, 6) is -5.98. The Balaban J connectivity index is 1.35. The van der Waals surface area contributed by atoms with Gasteiger partial charge in [-0.05, 0) is 106 Å². The molecule has 0 aromatic heterocycles. The molecule has 1 spiro atoms. The number of hydrogen-bond donors (Lipinski definition) is 7. The van der Waals surface area contributed by atoms with Crippen LogP contribution in [0.1, 0.15) is 139 Å². The van der Waals surface area contributed by atoms with Crippen LogP contribution in [0.3, 0.4) is 0 Å². The summed E-state index contributed by atoms with van der Waals surface area (Å²) in [6, 6.07) is 2.20. The van der Waals surface area contributed by atoms with Crippen LogP contribution in [0.4, 0.5) is 4.39 Å². The molecule has 77 heavy (non-hydrogen) atoms. The van der Waals surface area contributed by atoms with Crippen molar-refractivity contribution in [2.45, 2.75) is 194 Å². The second-order valence-electron chi connectivity index (χ2n) is 22.6. The van der Waals surface area contributed by atoms with Crippen molar-refractivity contribution in [2.24, 2.45) is 41.4 Å². The van der Waals surface area contributed by atoms with E-state index in [0.717, 1.165) is 18.4 Å². The van der Waals surface area contributed by atoms with Crippen LogP contribution in [0.15, 0.2) is 84.0 Å². The smallest absolute Gasteiger partial charge is 0.325 e. The highest BCUT2D eigenvalue weighted by Crippen LogP contribution is 2.43. The number of nitrogens with zero attached hydrogens (tertiary/aromatic N) is 1. The van der Waals surface area contributed by atoms with Crippen LogP contribution in [0.25, 0.3) is 0 Å². The normalized spacial score (nSPS) is 33.2. The van der Waals surface area contributed by atoms with Gasteiger partial charge in [0.25, 0.3) is 5.91 Å². The van der Waals surface area contributed by atoms with E-state index in [1.807, 2.05) is 45.9 Å². The lowest BCUT2D eigenvalue weighted by atomic mass is 9.75. The van der Waals surface area contributed by atoms with Crippen LogP contribution in [0, 0.1) is 47.2 Å². The van der Waals surface area contributed by atoms with E-state index in [2.05, 4.69) is 41.3 Å². The van der Waals surface area contributed by atoms with Crippen molar-refractivity contribution < 1.29 is 58.0 Å². The summed E-state index contributed by atoms with van der Waals surface area (Å²) in [5, 5.41) is 44.3. The van der Waals surface area contributed by atoms with E-state index in [1.54, 1.807) is 45.1 Å². The van der Waals surface area contributed by atoms with Gasteiger partial charge in [-0.3, -0.25) is 29.0 Å². The molecule has 5 rings (SSSR count). The molecule has 16 nitrogen and oxygen atoms in total. The first-order valence-electron chi connectivity index (χ1n) is 28.0. The van der Waals surface area contributed by atoms with Crippen molar-refractivity contribution in [2.75, 3.05) is 6.54 Å². The molecule has 4 aliphatic rings. The molecule has 4 heterocycles. The molecule has 0 saturated carbocycles. The number of amides is 4. The van der Waals surface area contributed by atoms with E-state index in [-0.39, 0.29) is 73.7 Å². The number of ether oxygens (including phenoxy) is 2. The van der Waals surface area contributed by atoms with E-state index >= 15 is 0 Å². The lowest BCUT2D eigenvalue weighted by molar-refractivity contribution is -0.179. The number of Topliss-reactive ketones (excluding diaryl/α,β-unsaturated/α-hetero) is 1. The lowest BCUT2D eigenvalue weighted by Crippen LogP contribution is -2.64. The van der Waals surface area contributed by atoms with Gasteiger partial charge in [0.15, 0.2) is 5.72 Å². The molecule has 1 aromatic rings. The summed E-state index contributed by atoms with van der Waals surface area (Å²) in [7, 11) is 0. The van der Waals surface area contributed by atoms with Crippen molar-refractivity contribution in [1.29, 1.82) is 0 Å². The van der Waals surface area contributed by atoms with Gasteiger partial charge in [0.1, 0.15) is 35.8 Å². The maximum atomic E-state index is 14.5. The zero-order valence-electron chi connectivity index (χ0n) is 47.0. The minimum atomic E-state index is -1.44. The van der Waals surface area contributed by atoms with Crippen LogP contribution in [0.5, 0.6) is 0 Å². The Bertz CT molecular complexity index is 2370. The molecule has 426 valence electrons. The highest BCUT2D eigenvalue weighted by Gasteiger charge is 2.51. The fraction of sp³-hybridized carbons (Fsp3) is 0.633. The van der Waals surface area contributed by atoms with Crippen LogP contribution in [-0.2, 0) is 44.7 Å². The highest BCUT2D eigenvalue weighted by molar-refractivity contribution is 5.93. The summed E-state index contributed by atoms with van der Waals surface area (Å²) < 4.78 is 27.4. The molecule has 7 N–H and O–H groups in total. The number of piperidine rings is 1. The molecule has 0 aliphatic carbocycles. The number of hydrazine groups is 1. The van der Waals surface area contributed by atoms with E-state index in [0.29, 0.717) is 43.2 Å². The largest absolute Gasteiger partial charge is 0.456 e. The Morgan fingerprint density at radius 1 is 1.01 bits per heavy atom. The lowest BCUT2D eigenvalue weighted by Gasteiger charge is -2.51. The number of ketones is 1. The van der Waals surface area contributed by atoms with E-state index in [1.165, 1.54) is 36.2 Å². The number of benzene rings is 1. The molecule has 0 radical (unpaired) electrons. The summed E-state index contributed by atoms with van der Waals surface area (Å²) in [4.78, 5) is 82.0. The molecule has 2 saturated heterocycles. The van der Waals surface area contributed by atoms with Gasteiger partial charge in [0.05, 0.1) is 30.3 Å². The monoisotopic (exact) mass is 1070 g/mol. The van der Waals surface area contributed by atoms with Gasteiger partial charge in [0.2, 0.25) is 17.7 Å². The van der Waals surface area contributed by atoms with Crippen molar-refractivity contribution in [3.05, 3.63) is 95.4 Å². The van der Waals surface area contributed by atoms with Crippen molar-refractivity contribution in [1.82, 2.24) is 26.4 Å². The Morgan fingerprint density at radius 2 is 1.75 bits per heavy atom. The molecular formula is C60H88FN5O11. The topological polar surface area (TPSA) is 233 Å². The second-order valence-corrected chi connectivity index (χ2v) is 22.6. The van der Waals surface area contributed by atoms with E-state index in [9.17, 15) is 48.5 Å². The Morgan fingerprint density at radius 3 is 2.44 bits per heavy atom. The summed E-state index contributed by atoms with van der Waals surface area (Å²) in [6.45, 7) is 18.6. The first-order valence-corrected chi connectivity index (χ1v) is 28.0. The van der Waals surface area contributed by atoms with Crippen molar-refractivity contribution in [3.8, 4) is 0 Å². The number of aliphatic hydroxyl groups is 3. The first-order chi connectivity index (χ1) is 36.5. The van der Waals surface area contributed by atoms with Gasteiger partial charge in [-0.15, -0.1) is 0 Å². The van der Waals surface area contributed by atoms with Gasteiger partial charge in [-0.1, -0.05) is 109 Å². The Labute approximate surface area is 455 Å². The molecule has 4 amide bonds. The average Bonchev–Trinajstić information content (AvgIpc) is 3.38. The minimum absolute atomic E-state index is 0.00560. The molecular weight excluding hydrogens is 986 g/mol. The third-order valence-corrected chi connectivity index (χ3v) is 16.2. The minimum Gasteiger partial charge on any atom is -0.456 e. The highest BCUT2D eigenvalue weighted by atomic mass is 19.1. The summed E-state index contributed by atoms with van der Waals surface area (Å²) in [6.07, 6.45) is 14.1. The van der Waals surface area contributed by atoms with Gasteiger partial charge >= 0.3 is 5.97 Å². The third kappa shape index (κ3) is 17.1. The van der Waals surface area contributed by atoms with Crippen molar-refractivity contribution >= 4 is 35.4 Å². The number of nitrogens with one attached hydrogen (secondary N) is 4. The molecule has 1 unspecified atom stereocenters. The van der Waals surface area contributed by atoms with Crippen molar-refractivity contribution in [3.63, 3.8) is 0 Å². The number of carbonyl (C=O) groups is 6. The van der Waals surface area contributed by atoms with Gasteiger partial charge in [-0.2, -0.15) is 0 Å². The number of esters is 1. The van der Waals surface area contributed by atoms with Gasteiger partial charge < -0.3 is 45.5 Å². The summed E-state index contributed by atoms with van der Waals surface area (Å²) in [5.41, 5.74) is 4.27. The SMILES string of the molecule is CC[C@H]1C[C@H](C)[C@@]2(NC1=O)O[C@@H](C[C@H](O)[C@@H](C)CC/C=C/C=C(\C)[C@@H]1C/C=C/C=C/[C@H](O)[C@H](C)[C@@H](O)[C@@H](CCC(C)=O)C(=O)N[C@@H](C(C)C)C(=O)N[C@@H](Cc3cccc(F)c3)C(=O)N3CCCC(N3)C(=O)O1)[C@H](C)C=C2C. The quantitative estimate of drug-likeness (QED) is 0.0547. The molecule has 1 aromatic carbocycles. The van der Waals surface area contributed by atoms with Crippen LogP contribution < -0.4 is 21.4 Å².